The van der Waals surface area contributed by atoms with E-state index in [2.05, 4.69) is 20.4 Å². The highest BCUT2D eigenvalue weighted by Gasteiger charge is 2.29. The van der Waals surface area contributed by atoms with Gasteiger partial charge in [0, 0.05) is 42.6 Å². The average molecular weight is 697 g/mol. The monoisotopic (exact) mass is 696 g/mol. The van der Waals surface area contributed by atoms with Crippen molar-refractivity contribution >= 4 is 41.7 Å². The summed E-state index contributed by atoms with van der Waals surface area (Å²) in [5.74, 6) is -2.32. The lowest BCUT2D eigenvalue weighted by atomic mass is 10.1. The van der Waals surface area contributed by atoms with Crippen LogP contribution < -0.4 is 16.8 Å². The van der Waals surface area contributed by atoms with Gasteiger partial charge in [0.1, 0.15) is 12.4 Å². The highest BCUT2D eigenvalue weighted by Crippen LogP contribution is 2.27. The number of anilines is 2. The predicted molar refractivity (Wildman–Crippen MR) is 180 cm³/mol. The second-order valence-electron chi connectivity index (χ2n) is 11.0. The van der Waals surface area contributed by atoms with Crippen LogP contribution in [0.5, 0.6) is 0 Å². The maximum absolute atomic E-state index is 13.4. The number of hydrogen-bond donors (Lipinski definition) is 3. The first-order valence-corrected chi connectivity index (χ1v) is 15.4. The molecule has 260 valence electrons. The van der Waals surface area contributed by atoms with Crippen LogP contribution >= 0.6 is 12.4 Å². The number of nitrogens with one attached hydrogen (secondary N) is 1. The van der Waals surface area contributed by atoms with Crippen molar-refractivity contribution < 1.29 is 33.0 Å². The molecule has 0 unspecified atom stereocenters. The molecule has 5 rings (SSSR count). The fourth-order valence-electron chi connectivity index (χ4n) is 5.10. The van der Waals surface area contributed by atoms with Crippen molar-refractivity contribution in [2.45, 2.75) is 25.0 Å². The first-order valence-electron chi connectivity index (χ1n) is 15.4. The molecule has 1 aliphatic rings. The molecule has 1 atom stereocenters. The Morgan fingerprint density at radius 2 is 1.69 bits per heavy atom. The molecular weight excluding hydrogens is 659 g/mol. The summed E-state index contributed by atoms with van der Waals surface area (Å²) in [7, 11) is 0. The number of esters is 1. The van der Waals surface area contributed by atoms with E-state index in [1.54, 1.807) is 47.6 Å². The molecule has 1 fully saturated rings. The highest BCUT2D eigenvalue weighted by atomic mass is 35.5. The van der Waals surface area contributed by atoms with Crippen LogP contribution in [-0.4, -0.2) is 88.5 Å². The topological polar surface area (TPSA) is 190 Å². The molecule has 2 aromatic carbocycles. The minimum absolute atomic E-state index is 0. The lowest BCUT2D eigenvalue weighted by molar-refractivity contribution is -0.138. The third-order valence-electron chi connectivity index (χ3n) is 7.62. The Bertz CT molecular complexity index is 1690. The van der Waals surface area contributed by atoms with Crippen LogP contribution in [0.1, 0.15) is 41.0 Å². The standard InChI is InChI=1S/C33H37FN8O6.ClH/c34-24-6-8-25(9-7-24)39-32(44)30(22-4-2-1-3-5-22)48-33(45)29-31(36)37-19-27(40-29)23-18-38-42(20-23)26-10-13-41(14-11-26)28(43)21-47-17-16-46-15-12-35;/h1-9,18-20,26,30H,10-17,21,35H2,(H2,36,37)(H,39,44);1H/t30-;/m1./s1. The first kappa shape index (κ1) is 36.9. The Labute approximate surface area is 288 Å². The molecule has 0 bridgehead atoms. The van der Waals surface area contributed by atoms with E-state index in [1.165, 1.54) is 30.5 Å². The number of hydrogen-bond acceptors (Lipinski definition) is 11. The summed E-state index contributed by atoms with van der Waals surface area (Å²) in [6.45, 7) is 2.71. The summed E-state index contributed by atoms with van der Waals surface area (Å²) in [5, 5.41) is 7.14. The van der Waals surface area contributed by atoms with Gasteiger partial charge in [-0.3, -0.25) is 14.3 Å². The Kier molecular flexibility index (Phi) is 13.5. The van der Waals surface area contributed by atoms with E-state index in [0.29, 0.717) is 74.8 Å². The van der Waals surface area contributed by atoms with E-state index in [1.807, 2.05) is 4.68 Å². The van der Waals surface area contributed by atoms with Gasteiger partial charge in [-0.1, -0.05) is 30.3 Å². The minimum Gasteiger partial charge on any atom is -0.442 e. The normalized spacial score (nSPS) is 13.7. The number of ether oxygens (including phenoxy) is 3. The van der Waals surface area contributed by atoms with Gasteiger partial charge in [-0.2, -0.15) is 5.10 Å². The summed E-state index contributed by atoms with van der Waals surface area (Å²) >= 11 is 0. The molecular formula is C33H38ClFN8O6. The molecule has 5 N–H and O–H groups in total. The van der Waals surface area contributed by atoms with Gasteiger partial charge in [0.05, 0.1) is 44.0 Å². The fraction of sp³-hybridized carbons (Fsp3) is 0.333. The van der Waals surface area contributed by atoms with Crippen LogP contribution in [0.3, 0.4) is 0 Å². The van der Waals surface area contributed by atoms with E-state index in [9.17, 15) is 18.8 Å². The zero-order chi connectivity index (χ0) is 33.9. The fourth-order valence-corrected chi connectivity index (χ4v) is 5.10. The van der Waals surface area contributed by atoms with Crippen molar-refractivity contribution in [2.24, 2.45) is 5.73 Å². The van der Waals surface area contributed by atoms with E-state index >= 15 is 0 Å². The van der Waals surface area contributed by atoms with Crippen molar-refractivity contribution in [1.29, 1.82) is 0 Å². The third kappa shape index (κ3) is 10.0. The molecule has 0 saturated carbocycles. The first-order chi connectivity index (χ1) is 23.3. The van der Waals surface area contributed by atoms with Crippen molar-refractivity contribution in [2.75, 3.05) is 57.1 Å². The summed E-state index contributed by atoms with van der Waals surface area (Å²) in [6.07, 6.45) is 4.85. The molecule has 2 aromatic heterocycles. The molecule has 1 aliphatic heterocycles. The number of likely N-dealkylation sites (tertiary alicyclic amines) is 1. The number of nitrogens with zero attached hydrogens (tertiary/aromatic N) is 5. The molecule has 2 amide bonds. The summed E-state index contributed by atoms with van der Waals surface area (Å²) in [4.78, 5) is 49.5. The second-order valence-corrected chi connectivity index (χ2v) is 11.0. The Morgan fingerprint density at radius 1 is 0.980 bits per heavy atom. The number of nitrogens with two attached hydrogens (primary N) is 2. The van der Waals surface area contributed by atoms with Gasteiger partial charge in [-0.15, -0.1) is 12.4 Å². The number of carbonyl (C=O) groups is 3. The molecule has 0 spiro atoms. The van der Waals surface area contributed by atoms with Crippen LogP contribution in [-0.2, 0) is 23.8 Å². The number of carbonyl (C=O) groups excluding carboxylic acids is 3. The largest absolute Gasteiger partial charge is 0.442 e. The number of amides is 2. The molecule has 3 heterocycles. The lowest BCUT2D eigenvalue weighted by Crippen LogP contribution is -2.41. The van der Waals surface area contributed by atoms with Gasteiger partial charge in [0.25, 0.3) is 5.91 Å². The average Bonchev–Trinajstić information content (AvgIpc) is 3.60. The lowest BCUT2D eigenvalue weighted by Gasteiger charge is -2.32. The van der Waals surface area contributed by atoms with Crippen molar-refractivity contribution in [3.63, 3.8) is 0 Å². The Balaban J connectivity index is 0.00000541. The summed E-state index contributed by atoms with van der Waals surface area (Å²) < 4.78 is 31.5. The van der Waals surface area contributed by atoms with Crippen LogP contribution in [0.15, 0.2) is 73.2 Å². The van der Waals surface area contributed by atoms with Crippen molar-refractivity contribution in [1.82, 2.24) is 24.6 Å². The maximum Gasteiger partial charge on any atom is 0.361 e. The minimum atomic E-state index is -1.36. The molecule has 16 heteroatoms. The van der Waals surface area contributed by atoms with Crippen LogP contribution in [0.2, 0.25) is 0 Å². The summed E-state index contributed by atoms with van der Waals surface area (Å²) in [5.41, 5.74) is 12.8. The Hall–Kier alpha value is -4.96. The zero-order valence-corrected chi connectivity index (χ0v) is 27.4. The number of piperidine rings is 1. The number of aromatic nitrogens is 4. The predicted octanol–water partition coefficient (Wildman–Crippen LogP) is 3.18. The maximum atomic E-state index is 13.4. The van der Waals surface area contributed by atoms with Gasteiger partial charge >= 0.3 is 5.97 Å². The van der Waals surface area contributed by atoms with Crippen LogP contribution in [0, 0.1) is 5.82 Å². The molecule has 1 saturated heterocycles. The van der Waals surface area contributed by atoms with Gasteiger partial charge in [-0.05, 0) is 37.1 Å². The number of rotatable bonds is 14. The van der Waals surface area contributed by atoms with E-state index < -0.39 is 23.8 Å². The molecule has 0 radical (unpaired) electrons. The zero-order valence-electron chi connectivity index (χ0n) is 26.6. The summed E-state index contributed by atoms with van der Waals surface area (Å²) in [6, 6.07) is 13.7. The van der Waals surface area contributed by atoms with Gasteiger partial charge < -0.3 is 35.9 Å². The van der Waals surface area contributed by atoms with Crippen LogP contribution in [0.25, 0.3) is 11.3 Å². The Morgan fingerprint density at radius 3 is 2.41 bits per heavy atom. The van der Waals surface area contributed by atoms with Gasteiger partial charge in [-0.25, -0.2) is 19.2 Å². The number of halogens is 2. The number of nitrogen functional groups attached to an aromatic ring is 1. The van der Waals surface area contributed by atoms with Gasteiger partial charge in [0.15, 0.2) is 11.5 Å². The van der Waals surface area contributed by atoms with E-state index in [0.717, 1.165) is 0 Å². The number of benzene rings is 2. The van der Waals surface area contributed by atoms with Crippen molar-refractivity contribution in [3.05, 3.63) is 90.3 Å². The van der Waals surface area contributed by atoms with E-state index in [-0.39, 0.29) is 42.5 Å². The van der Waals surface area contributed by atoms with Gasteiger partial charge in [0.2, 0.25) is 12.0 Å². The molecule has 0 aliphatic carbocycles. The second kappa shape index (κ2) is 18.0. The van der Waals surface area contributed by atoms with Crippen molar-refractivity contribution in [3.8, 4) is 11.3 Å². The quantitative estimate of drug-likeness (QED) is 0.130. The molecule has 14 nitrogen and oxygen atoms in total. The van der Waals surface area contributed by atoms with E-state index in [4.69, 9.17) is 25.7 Å². The van der Waals surface area contributed by atoms with Crippen LogP contribution in [0.4, 0.5) is 15.9 Å². The smallest absolute Gasteiger partial charge is 0.361 e. The highest BCUT2D eigenvalue weighted by molar-refractivity contribution is 5.99. The SMILES string of the molecule is Cl.NCCOCCOCC(=O)N1CCC(n2cc(-c3cnc(N)c(C(=O)O[C@@H](C(=O)Nc4ccc(F)cc4)c4ccccc4)n3)cn2)CC1. The molecule has 4 aromatic rings. The molecule has 49 heavy (non-hydrogen) atoms. The third-order valence-corrected chi connectivity index (χ3v) is 7.62.